The molecular weight excluding hydrogens is 457 g/mol. The molecule has 0 aliphatic carbocycles. The van der Waals surface area contributed by atoms with Crippen molar-refractivity contribution in [3.63, 3.8) is 0 Å². The standard InChI is InChI=1S/C27H23ClFNO4/c1-16(2)15-34-20-7-5-6-17(14-20)25(31)23-24(21-8-3-4-9-22(21)29)30(27(33)26(23)32)19-12-10-18(28)11-13-19/h3-14,16,24,31H,15H2,1-2H3/b25-23-. The highest BCUT2D eigenvalue weighted by Crippen LogP contribution is 2.43. The Hall–Kier alpha value is -3.64. The number of rotatable bonds is 6. The highest BCUT2D eigenvalue weighted by Gasteiger charge is 2.47. The molecule has 1 amide bonds. The van der Waals surface area contributed by atoms with E-state index in [2.05, 4.69) is 0 Å². The zero-order chi connectivity index (χ0) is 24.4. The fraction of sp³-hybridized carbons (Fsp3) is 0.185. The number of nitrogens with zero attached hydrogens (tertiary/aromatic N) is 1. The number of hydrogen-bond donors (Lipinski definition) is 1. The molecule has 174 valence electrons. The van der Waals surface area contributed by atoms with E-state index in [0.717, 1.165) is 0 Å². The first-order valence-corrected chi connectivity index (χ1v) is 11.2. The summed E-state index contributed by atoms with van der Waals surface area (Å²) >= 11 is 5.99. The molecule has 0 bridgehead atoms. The molecule has 3 aromatic rings. The summed E-state index contributed by atoms with van der Waals surface area (Å²) in [5.74, 6) is -1.99. The fourth-order valence-corrected chi connectivity index (χ4v) is 3.97. The first-order valence-electron chi connectivity index (χ1n) is 10.8. The second-order valence-corrected chi connectivity index (χ2v) is 8.84. The summed E-state index contributed by atoms with van der Waals surface area (Å²) in [5.41, 5.74) is 0.529. The van der Waals surface area contributed by atoms with Crippen LogP contribution in [0.15, 0.2) is 78.4 Å². The zero-order valence-corrected chi connectivity index (χ0v) is 19.4. The molecule has 7 heteroatoms. The Labute approximate surface area is 202 Å². The van der Waals surface area contributed by atoms with Crippen LogP contribution in [0, 0.1) is 11.7 Å². The molecule has 1 N–H and O–H groups in total. The van der Waals surface area contributed by atoms with Gasteiger partial charge >= 0.3 is 0 Å². The number of aliphatic hydroxyl groups excluding tert-OH is 1. The lowest BCUT2D eigenvalue weighted by molar-refractivity contribution is -0.132. The van der Waals surface area contributed by atoms with Crippen LogP contribution in [0.2, 0.25) is 5.02 Å². The van der Waals surface area contributed by atoms with Crippen molar-refractivity contribution in [2.45, 2.75) is 19.9 Å². The van der Waals surface area contributed by atoms with Gasteiger partial charge in [-0.15, -0.1) is 0 Å². The Bertz CT molecular complexity index is 1270. The molecule has 4 rings (SSSR count). The van der Waals surface area contributed by atoms with E-state index in [4.69, 9.17) is 16.3 Å². The SMILES string of the molecule is CC(C)COc1cccc(/C(O)=C2/C(=O)C(=O)N(c3ccc(Cl)cc3)C2c2ccccc2F)c1. The number of ether oxygens (including phenoxy) is 1. The van der Waals surface area contributed by atoms with Crippen molar-refractivity contribution in [3.8, 4) is 5.75 Å². The summed E-state index contributed by atoms with van der Waals surface area (Å²) in [5, 5.41) is 11.7. The molecule has 34 heavy (non-hydrogen) atoms. The van der Waals surface area contributed by atoms with Crippen molar-refractivity contribution in [2.75, 3.05) is 11.5 Å². The molecule has 1 saturated heterocycles. The van der Waals surface area contributed by atoms with Gasteiger partial charge in [-0.25, -0.2) is 4.39 Å². The second kappa shape index (κ2) is 9.69. The average molecular weight is 480 g/mol. The Morgan fingerprint density at radius 3 is 2.44 bits per heavy atom. The third-order valence-electron chi connectivity index (χ3n) is 5.44. The highest BCUT2D eigenvalue weighted by molar-refractivity contribution is 6.51. The van der Waals surface area contributed by atoms with E-state index in [1.165, 1.54) is 23.1 Å². The number of hydrogen-bond acceptors (Lipinski definition) is 4. The highest BCUT2D eigenvalue weighted by atomic mass is 35.5. The van der Waals surface area contributed by atoms with Gasteiger partial charge in [-0.1, -0.05) is 55.8 Å². The van der Waals surface area contributed by atoms with Gasteiger partial charge in [0.05, 0.1) is 18.2 Å². The Morgan fingerprint density at radius 2 is 1.76 bits per heavy atom. The molecule has 1 atom stereocenters. The van der Waals surface area contributed by atoms with Crippen LogP contribution in [0.1, 0.15) is 31.0 Å². The number of benzene rings is 3. The number of aliphatic hydroxyl groups is 1. The third kappa shape index (κ3) is 4.54. The molecule has 1 unspecified atom stereocenters. The zero-order valence-electron chi connectivity index (χ0n) is 18.7. The monoisotopic (exact) mass is 479 g/mol. The largest absolute Gasteiger partial charge is 0.507 e. The predicted molar refractivity (Wildman–Crippen MR) is 129 cm³/mol. The summed E-state index contributed by atoms with van der Waals surface area (Å²) in [4.78, 5) is 27.5. The van der Waals surface area contributed by atoms with E-state index in [0.29, 0.717) is 29.0 Å². The molecule has 1 aliphatic rings. The van der Waals surface area contributed by atoms with Crippen LogP contribution < -0.4 is 9.64 Å². The number of ketones is 1. The molecular formula is C27H23ClFNO4. The van der Waals surface area contributed by atoms with Crippen LogP contribution in [-0.2, 0) is 9.59 Å². The fourth-order valence-electron chi connectivity index (χ4n) is 3.84. The topological polar surface area (TPSA) is 66.8 Å². The number of amides is 1. The number of anilines is 1. The first-order chi connectivity index (χ1) is 16.3. The molecule has 1 aliphatic heterocycles. The van der Waals surface area contributed by atoms with Gasteiger partial charge in [-0.2, -0.15) is 0 Å². The van der Waals surface area contributed by atoms with E-state index in [-0.39, 0.29) is 16.7 Å². The smallest absolute Gasteiger partial charge is 0.300 e. The third-order valence-corrected chi connectivity index (χ3v) is 5.69. The predicted octanol–water partition coefficient (Wildman–Crippen LogP) is 6.14. The van der Waals surface area contributed by atoms with E-state index in [9.17, 15) is 19.1 Å². The summed E-state index contributed by atoms with van der Waals surface area (Å²) in [6.45, 7) is 4.49. The molecule has 0 radical (unpaired) electrons. The van der Waals surface area contributed by atoms with Gasteiger partial charge in [0.25, 0.3) is 11.7 Å². The summed E-state index contributed by atoms with van der Waals surface area (Å²) in [6, 6.07) is 17.6. The minimum absolute atomic E-state index is 0.0883. The van der Waals surface area contributed by atoms with Crippen LogP contribution >= 0.6 is 11.6 Å². The van der Waals surface area contributed by atoms with Crippen molar-refractivity contribution in [1.82, 2.24) is 0 Å². The van der Waals surface area contributed by atoms with Crippen LogP contribution in [0.25, 0.3) is 5.76 Å². The van der Waals surface area contributed by atoms with E-state index in [1.807, 2.05) is 13.8 Å². The minimum atomic E-state index is -1.16. The number of Topliss-reactive ketones (excluding diaryl/α,β-unsaturated/α-hetero) is 1. The second-order valence-electron chi connectivity index (χ2n) is 8.40. The maximum atomic E-state index is 14.9. The van der Waals surface area contributed by atoms with Gasteiger partial charge in [0.1, 0.15) is 17.3 Å². The number of carbonyl (C=O) groups excluding carboxylic acids is 2. The van der Waals surface area contributed by atoms with Crippen LogP contribution in [0.4, 0.5) is 10.1 Å². The van der Waals surface area contributed by atoms with E-state index < -0.39 is 29.3 Å². The lowest BCUT2D eigenvalue weighted by Crippen LogP contribution is -2.29. The molecule has 1 fully saturated rings. The van der Waals surface area contributed by atoms with Gasteiger partial charge in [0, 0.05) is 21.8 Å². The van der Waals surface area contributed by atoms with Crippen molar-refractivity contribution >= 4 is 34.7 Å². The van der Waals surface area contributed by atoms with Crippen molar-refractivity contribution < 1.29 is 23.8 Å². The van der Waals surface area contributed by atoms with Crippen molar-refractivity contribution in [1.29, 1.82) is 0 Å². The summed E-state index contributed by atoms with van der Waals surface area (Å²) in [6.07, 6.45) is 0. The Kier molecular flexibility index (Phi) is 6.70. The van der Waals surface area contributed by atoms with Gasteiger partial charge < -0.3 is 9.84 Å². The van der Waals surface area contributed by atoms with Crippen molar-refractivity contribution in [2.24, 2.45) is 5.92 Å². The van der Waals surface area contributed by atoms with Crippen molar-refractivity contribution in [3.05, 3.63) is 100 Å². The molecule has 0 saturated carbocycles. The number of carbonyl (C=O) groups is 2. The van der Waals surface area contributed by atoms with Gasteiger partial charge in [-0.3, -0.25) is 14.5 Å². The molecule has 0 spiro atoms. The minimum Gasteiger partial charge on any atom is -0.507 e. The van der Waals surface area contributed by atoms with E-state index >= 15 is 0 Å². The van der Waals surface area contributed by atoms with Gasteiger partial charge in [0.15, 0.2) is 0 Å². The average Bonchev–Trinajstić information content (AvgIpc) is 3.08. The summed E-state index contributed by atoms with van der Waals surface area (Å²) < 4.78 is 20.7. The summed E-state index contributed by atoms with van der Waals surface area (Å²) in [7, 11) is 0. The van der Waals surface area contributed by atoms with Gasteiger partial charge in [-0.05, 0) is 48.4 Å². The maximum Gasteiger partial charge on any atom is 0.300 e. The molecule has 1 heterocycles. The molecule has 0 aromatic heterocycles. The van der Waals surface area contributed by atoms with Crippen LogP contribution in [0.5, 0.6) is 5.75 Å². The number of halogens is 2. The Balaban J connectivity index is 1.88. The lowest BCUT2D eigenvalue weighted by atomic mass is 9.94. The van der Waals surface area contributed by atoms with Crippen LogP contribution in [-0.4, -0.2) is 23.4 Å². The maximum absolute atomic E-state index is 14.9. The van der Waals surface area contributed by atoms with E-state index in [1.54, 1.807) is 54.6 Å². The molecule has 3 aromatic carbocycles. The molecule has 5 nitrogen and oxygen atoms in total. The lowest BCUT2D eigenvalue weighted by Gasteiger charge is -2.25. The quantitative estimate of drug-likeness (QED) is 0.262. The first kappa shape index (κ1) is 23.5. The van der Waals surface area contributed by atoms with Crippen LogP contribution in [0.3, 0.4) is 0 Å². The van der Waals surface area contributed by atoms with Gasteiger partial charge in [0.2, 0.25) is 0 Å². The normalized spacial score (nSPS) is 17.4. The Morgan fingerprint density at radius 1 is 1.06 bits per heavy atom.